The second kappa shape index (κ2) is 5.92. The second-order valence-electron chi connectivity index (χ2n) is 6.63. The molecular formula is C15H22N2O5S. The molecule has 8 heteroatoms. The highest BCUT2D eigenvalue weighted by molar-refractivity contribution is 7.88. The SMILES string of the molecule is CS(=O)(=O)N1C[C@@H]2CN(Cc3ccco3)CCC[C@]2(C(=O)O)C1. The third-order valence-corrected chi connectivity index (χ3v) is 6.31. The van der Waals surface area contributed by atoms with E-state index in [1.807, 2.05) is 12.1 Å². The molecule has 128 valence electrons. The molecule has 3 rings (SSSR count). The Balaban J connectivity index is 1.82. The molecule has 0 bridgehead atoms. The van der Waals surface area contributed by atoms with Gasteiger partial charge in [-0.3, -0.25) is 9.69 Å². The Morgan fingerprint density at radius 3 is 2.87 bits per heavy atom. The van der Waals surface area contributed by atoms with Gasteiger partial charge < -0.3 is 9.52 Å². The van der Waals surface area contributed by atoms with Crippen molar-refractivity contribution in [1.82, 2.24) is 9.21 Å². The zero-order chi connectivity index (χ0) is 16.7. The van der Waals surface area contributed by atoms with Gasteiger partial charge in [-0.05, 0) is 31.5 Å². The summed E-state index contributed by atoms with van der Waals surface area (Å²) < 4.78 is 30.4. The summed E-state index contributed by atoms with van der Waals surface area (Å²) in [5.74, 6) is -0.244. The van der Waals surface area contributed by atoms with Crippen molar-refractivity contribution in [1.29, 1.82) is 0 Å². The first-order valence-corrected chi connectivity index (χ1v) is 9.59. The number of carboxylic acids is 1. The van der Waals surface area contributed by atoms with Crippen LogP contribution in [0.5, 0.6) is 0 Å². The van der Waals surface area contributed by atoms with E-state index in [2.05, 4.69) is 4.90 Å². The van der Waals surface area contributed by atoms with Crippen molar-refractivity contribution in [3.8, 4) is 0 Å². The molecule has 2 fully saturated rings. The molecule has 0 unspecified atom stereocenters. The lowest BCUT2D eigenvalue weighted by molar-refractivity contribution is -0.150. The third-order valence-electron chi connectivity index (χ3n) is 5.09. The quantitative estimate of drug-likeness (QED) is 0.872. The van der Waals surface area contributed by atoms with E-state index in [0.29, 0.717) is 19.5 Å². The first-order valence-electron chi connectivity index (χ1n) is 7.74. The Morgan fingerprint density at radius 2 is 2.26 bits per heavy atom. The topological polar surface area (TPSA) is 91.1 Å². The first-order chi connectivity index (χ1) is 10.8. The number of rotatable bonds is 4. The van der Waals surface area contributed by atoms with E-state index in [1.54, 1.807) is 6.26 Å². The lowest BCUT2D eigenvalue weighted by Gasteiger charge is -2.29. The fraction of sp³-hybridized carbons (Fsp3) is 0.667. The number of aliphatic carboxylic acids is 1. The number of carbonyl (C=O) groups is 1. The smallest absolute Gasteiger partial charge is 0.311 e. The number of carboxylic acid groups (broad SMARTS) is 1. The zero-order valence-corrected chi connectivity index (χ0v) is 14.0. The van der Waals surface area contributed by atoms with Crippen LogP contribution in [0.4, 0.5) is 0 Å². The molecule has 0 saturated carbocycles. The van der Waals surface area contributed by atoms with Crippen LogP contribution in [0.25, 0.3) is 0 Å². The monoisotopic (exact) mass is 342 g/mol. The number of likely N-dealkylation sites (tertiary alicyclic amines) is 1. The third kappa shape index (κ3) is 3.15. The molecule has 0 spiro atoms. The molecule has 0 radical (unpaired) electrons. The highest BCUT2D eigenvalue weighted by atomic mass is 32.2. The van der Waals surface area contributed by atoms with Gasteiger partial charge in [-0.1, -0.05) is 0 Å². The van der Waals surface area contributed by atoms with Gasteiger partial charge in [0.05, 0.1) is 24.5 Å². The van der Waals surface area contributed by atoms with Gasteiger partial charge >= 0.3 is 5.97 Å². The van der Waals surface area contributed by atoms with E-state index in [1.165, 1.54) is 4.31 Å². The van der Waals surface area contributed by atoms with Crippen molar-refractivity contribution in [2.45, 2.75) is 19.4 Å². The summed E-state index contributed by atoms with van der Waals surface area (Å²) in [5.41, 5.74) is -0.971. The first kappa shape index (κ1) is 16.5. The molecule has 7 nitrogen and oxygen atoms in total. The molecule has 2 aliphatic heterocycles. The molecule has 2 atom stereocenters. The highest BCUT2D eigenvalue weighted by Crippen LogP contribution is 2.43. The Bertz CT molecular complexity index is 672. The summed E-state index contributed by atoms with van der Waals surface area (Å²) in [4.78, 5) is 14.1. The molecule has 3 heterocycles. The minimum atomic E-state index is -3.38. The number of hydrogen-bond acceptors (Lipinski definition) is 5. The van der Waals surface area contributed by atoms with Crippen LogP contribution >= 0.6 is 0 Å². The normalized spacial score (nSPS) is 30.0. The average Bonchev–Trinajstić information content (AvgIpc) is 3.04. The molecule has 1 aromatic rings. The van der Waals surface area contributed by atoms with Crippen LogP contribution in [-0.4, -0.2) is 61.1 Å². The van der Waals surface area contributed by atoms with E-state index in [4.69, 9.17) is 4.42 Å². The van der Waals surface area contributed by atoms with E-state index in [0.717, 1.165) is 25.0 Å². The minimum absolute atomic E-state index is 0.0838. The van der Waals surface area contributed by atoms with Crippen molar-refractivity contribution in [3.63, 3.8) is 0 Å². The van der Waals surface area contributed by atoms with E-state index >= 15 is 0 Å². The molecule has 23 heavy (non-hydrogen) atoms. The van der Waals surface area contributed by atoms with Crippen molar-refractivity contribution in [2.75, 3.05) is 32.4 Å². The highest BCUT2D eigenvalue weighted by Gasteiger charge is 2.55. The van der Waals surface area contributed by atoms with Gasteiger partial charge in [-0.2, -0.15) is 0 Å². The number of hydrogen-bond donors (Lipinski definition) is 1. The lowest BCUT2D eigenvalue weighted by Crippen LogP contribution is -2.41. The van der Waals surface area contributed by atoms with Gasteiger partial charge in [0.2, 0.25) is 10.0 Å². The van der Waals surface area contributed by atoms with Crippen molar-refractivity contribution < 1.29 is 22.7 Å². The Morgan fingerprint density at radius 1 is 1.48 bits per heavy atom. The summed E-state index contributed by atoms with van der Waals surface area (Å²) in [6.07, 6.45) is 4.01. The van der Waals surface area contributed by atoms with Crippen molar-refractivity contribution in [2.24, 2.45) is 11.3 Å². The molecule has 0 aromatic carbocycles. The van der Waals surface area contributed by atoms with Crippen LogP contribution < -0.4 is 0 Å². The summed E-state index contributed by atoms with van der Waals surface area (Å²) in [5, 5.41) is 9.79. The van der Waals surface area contributed by atoms with E-state index < -0.39 is 21.4 Å². The Labute approximate surface area is 135 Å². The number of sulfonamides is 1. The summed E-state index contributed by atoms with van der Waals surface area (Å²) >= 11 is 0. The average molecular weight is 342 g/mol. The van der Waals surface area contributed by atoms with Gasteiger partial charge in [0.25, 0.3) is 0 Å². The number of nitrogens with zero attached hydrogens (tertiary/aromatic N) is 2. The van der Waals surface area contributed by atoms with Crippen LogP contribution in [-0.2, 0) is 21.4 Å². The largest absolute Gasteiger partial charge is 0.481 e. The van der Waals surface area contributed by atoms with Gasteiger partial charge in [-0.15, -0.1) is 0 Å². The molecule has 0 aliphatic carbocycles. The molecule has 2 saturated heterocycles. The van der Waals surface area contributed by atoms with Crippen LogP contribution in [0.15, 0.2) is 22.8 Å². The van der Waals surface area contributed by atoms with Gasteiger partial charge in [0.15, 0.2) is 0 Å². The molecule has 1 N–H and O–H groups in total. The van der Waals surface area contributed by atoms with Crippen LogP contribution in [0.1, 0.15) is 18.6 Å². The molecule has 2 aliphatic rings. The summed E-state index contributed by atoms with van der Waals surface area (Å²) in [6.45, 7) is 2.35. The predicted octanol–water partition coefficient (Wildman–Crippen LogP) is 0.838. The maximum absolute atomic E-state index is 11.9. The van der Waals surface area contributed by atoms with Crippen molar-refractivity contribution >= 4 is 16.0 Å². The van der Waals surface area contributed by atoms with E-state index in [9.17, 15) is 18.3 Å². The summed E-state index contributed by atoms with van der Waals surface area (Å²) in [7, 11) is -3.38. The fourth-order valence-electron chi connectivity index (χ4n) is 3.83. The fourth-order valence-corrected chi connectivity index (χ4v) is 4.75. The molecule has 1 aromatic heterocycles. The molecular weight excluding hydrogens is 320 g/mol. The predicted molar refractivity (Wildman–Crippen MR) is 83.2 cm³/mol. The van der Waals surface area contributed by atoms with E-state index in [-0.39, 0.29) is 19.0 Å². The van der Waals surface area contributed by atoms with Gasteiger partial charge in [0, 0.05) is 25.6 Å². The number of fused-ring (bicyclic) bond motifs is 1. The van der Waals surface area contributed by atoms with Gasteiger partial charge in [-0.25, -0.2) is 12.7 Å². The minimum Gasteiger partial charge on any atom is -0.481 e. The van der Waals surface area contributed by atoms with Crippen LogP contribution in [0, 0.1) is 11.3 Å². The second-order valence-corrected chi connectivity index (χ2v) is 8.61. The zero-order valence-electron chi connectivity index (χ0n) is 13.1. The summed E-state index contributed by atoms with van der Waals surface area (Å²) in [6, 6.07) is 3.72. The maximum Gasteiger partial charge on any atom is 0.311 e. The number of furan rings is 1. The van der Waals surface area contributed by atoms with Crippen molar-refractivity contribution in [3.05, 3.63) is 24.2 Å². The Kier molecular flexibility index (Phi) is 4.24. The van der Waals surface area contributed by atoms with Crippen LogP contribution in [0.3, 0.4) is 0 Å². The standard InChI is InChI=1S/C15H22N2O5S/c1-23(20,21)17-9-12-8-16(10-13-4-2-7-22-13)6-3-5-15(12,11-17)14(18)19/h2,4,7,12H,3,5-6,8-11H2,1H3,(H,18,19)/t12-,15-/m0/s1. The lowest BCUT2D eigenvalue weighted by atomic mass is 9.75. The van der Waals surface area contributed by atoms with Gasteiger partial charge in [0.1, 0.15) is 5.76 Å². The molecule has 0 amide bonds. The Hall–Kier alpha value is -1.38. The van der Waals surface area contributed by atoms with Crippen LogP contribution in [0.2, 0.25) is 0 Å². The maximum atomic E-state index is 11.9.